The van der Waals surface area contributed by atoms with Gasteiger partial charge in [-0.15, -0.1) is 12.4 Å². The van der Waals surface area contributed by atoms with E-state index in [2.05, 4.69) is 29.0 Å². The molecule has 30 heavy (non-hydrogen) atoms. The monoisotopic (exact) mass is 435 g/mol. The summed E-state index contributed by atoms with van der Waals surface area (Å²) in [6.07, 6.45) is -2.49. The molecule has 4 rings (SSSR count). The summed E-state index contributed by atoms with van der Waals surface area (Å²) in [4.78, 5) is 7.64. The van der Waals surface area contributed by atoms with Crippen LogP contribution in [0.25, 0.3) is 33.7 Å². The Morgan fingerprint density at radius 1 is 1.03 bits per heavy atom. The molecule has 0 aliphatic rings. The van der Waals surface area contributed by atoms with E-state index in [1.165, 1.54) is 12.1 Å². The highest BCUT2D eigenvalue weighted by Gasteiger charge is 2.33. The summed E-state index contributed by atoms with van der Waals surface area (Å²) in [7, 11) is 0. The van der Waals surface area contributed by atoms with Crippen LogP contribution in [-0.2, 0) is 6.18 Å². The second kappa shape index (κ2) is 8.52. The van der Waals surface area contributed by atoms with E-state index in [-0.39, 0.29) is 18.0 Å². The first-order valence-electron chi connectivity index (χ1n) is 9.54. The number of hydrogen-bond donors (Lipinski definition) is 1. The number of nitrogens with zero attached hydrogens (tertiary/aromatic N) is 2. The first-order chi connectivity index (χ1) is 13.9. The van der Waals surface area contributed by atoms with Gasteiger partial charge in [-0.3, -0.25) is 0 Å². The highest BCUT2D eigenvalue weighted by molar-refractivity contribution is 5.85. The Morgan fingerprint density at radius 3 is 2.47 bits per heavy atom. The fourth-order valence-corrected chi connectivity index (χ4v) is 3.58. The van der Waals surface area contributed by atoms with Gasteiger partial charge < -0.3 is 9.51 Å². The Morgan fingerprint density at radius 2 is 1.77 bits per heavy atom. The van der Waals surface area contributed by atoms with Gasteiger partial charge in [-0.1, -0.05) is 43.3 Å². The van der Waals surface area contributed by atoms with Crippen LogP contribution in [0.4, 0.5) is 13.2 Å². The van der Waals surface area contributed by atoms with Gasteiger partial charge in [0.15, 0.2) is 5.82 Å². The van der Waals surface area contributed by atoms with Gasteiger partial charge >= 0.3 is 6.18 Å². The van der Waals surface area contributed by atoms with E-state index < -0.39 is 11.7 Å². The molecule has 0 fully saturated rings. The Hall–Kier alpha value is -2.80. The van der Waals surface area contributed by atoms with Crippen LogP contribution >= 0.6 is 12.4 Å². The molecule has 4 aromatic rings. The smallest absolute Gasteiger partial charge is 0.353 e. The minimum atomic E-state index is -4.42. The van der Waals surface area contributed by atoms with Crippen LogP contribution in [0.5, 0.6) is 0 Å². The highest BCUT2D eigenvalue weighted by atomic mass is 35.5. The van der Waals surface area contributed by atoms with Crippen molar-refractivity contribution in [3.8, 4) is 22.7 Å². The zero-order chi connectivity index (χ0) is 20.6. The zero-order valence-electron chi connectivity index (χ0n) is 16.5. The van der Waals surface area contributed by atoms with E-state index in [1.807, 2.05) is 6.07 Å². The molecule has 0 atom stereocenters. The summed E-state index contributed by atoms with van der Waals surface area (Å²) in [5.41, 5.74) is 2.10. The van der Waals surface area contributed by atoms with E-state index in [0.717, 1.165) is 24.6 Å². The normalized spacial score (nSPS) is 11.8. The lowest BCUT2D eigenvalue weighted by molar-refractivity contribution is -0.137. The lowest BCUT2D eigenvalue weighted by atomic mass is 9.99. The van der Waals surface area contributed by atoms with Gasteiger partial charge in [0.2, 0.25) is 5.76 Å². The molecular weight excluding hydrogens is 415 g/mol. The minimum Gasteiger partial charge on any atom is -0.353 e. The van der Waals surface area contributed by atoms with Gasteiger partial charge in [0.1, 0.15) is 0 Å². The van der Waals surface area contributed by atoms with Crippen LogP contribution in [0, 0.1) is 0 Å². The fourth-order valence-electron chi connectivity index (χ4n) is 3.58. The third kappa shape index (κ3) is 4.07. The molecule has 2 aromatic heterocycles. The summed E-state index contributed by atoms with van der Waals surface area (Å²) < 4.78 is 45.5. The summed E-state index contributed by atoms with van der Waals surface area (Å²) in [5, 5.41) is 4.15. The predicted molar refractivity (Wildman–Crippen MR) is 113 cm³/mol. The molecule has 158 valence electrons. The van der Waals surface area contributed by atoms with Crippen molar-refractivity contribution >= 4 is 23.4 Å². The Balaban J connectivity index is 0.00000256. The van der Waals surface area contributed by atoms with Crippen molar-refractivity contribution in [3.63, 3.8) is 0 Å². The predicted octanol–water partition coefficient (Wildman–Crippen LogP) is 7.23. The summed E-state index contributed by atoms with van der Waals surface area (Å²) >= 11 is 0. The number of hydrogen-bond acceptors (Lipinski definition) is 3. The van der Waals surface area contributed by atoms with Crippen LogP contribution in [-0.4, -0.2) is 15.1 Å². The summed E-state index contributed by atoms with van der Waals surface area (Å²) in [6.45, 7) is 4.20. The molecule has 2 heterocycles. The van der Waals surface area contributed by atoms with Crippen LogP contribution in [0.2, 0.25) is 0 Å². The van der Waals surface area contributed by atoms with E-state index >= 15 is 0 Å². The van der Waals surface area contributed by atoms with Gasteiger partial charge in [0.25, 0.3) is 0 Å². The number of H-pyrrole nitrogens is 1. The molecule has 8 heteroatoms. The van der Waals surface area contributed by atoms with E-state index in [9.17, 15) is 13.2 Å². The van der Waals surface area contributed by atoms with Gasteiger partial charge in [-0.2, -0.15) is 13.2 Å². The number of halogens is 4. The third-order valence-corrected chi connectivity index (χ3v) is 5.19. The Bertz CT molecular complexity index is 1150. The molecule has 1 N–H and O–H groups in total. The largest absolute Gasteiger partial charge is 0.417 e. The molecule has 2 aromatic carbocycles. The molecule has 0 saturated heterocycles. The quantitative estimate of drug-likeness (QED) is 0.359. The van der Waals surface area contributed by atoms with E-state index in [4.69, 9.17) is 4.52 Å². The van der Waals surface area contributed by atoms with Crippen LogP contribution in [0.3, 0.4) is 0 Å². The molecule has 0 aliphatic heterocycles. The average molecular weight is 436 g/mol. The van der Waals surface area contributed by atoms with Gasteiger partial charge in [0.05, 0.1) is 22.3 Å². The molecule has 0 unspecified atom stereocenters. The molecule has 0 radical (unpaired) electrons. The fraction of sp³-hybridized carbons (Fsp3) is 0.273. The average Bonchev–Trinajstić information content (AvgIpc) is 3.35. The SMILES string of the molecule is CCC(CC)c1cc(-c2nc3ccc(-c4ccccc4C(F)(F)F)cc3[nH]2)on1.Cl. The van der Waals surface area contributed by atoms with E-state index in [1.54, 1.807) is 24.3 Å². The number of fused-ring (bicyclic) bond motifs is 1. The van der Waals surface area contributed by atoms with Crippen molar-refractivity contribution < 1.29 is 17.7 Å². The topological polar surface area (TPSA) is 54.7 Å². The van der Waals surface area contributed by atoms with Crippen molar-refractivity contribution in [2.75, 3.05) is 0 Å². The number of aromatic nitrogens is 3. The zero-order valence-corrected chi connectivity index (χ0v) is 17.3. The van der Waals surface area contributed by atoms with Crippen molar-refractivity contribution in [1.82, 2.24) is 15.1 Å². The standard InChI is InChI=1S/C22H20F3N3O.ClH/c1-3-13(4-2)18-12-20(29-28-18)21-26-17-10-9-14(11-19(17)27-21)15-7-5-6-8-16(15)22(23,24)25;/h5-13H,3-4H2,1-2H3,(H,26,27);1H. The van der Waals surface area contributed by atoms with Gasteiger partial charge in [0, 0.05) is 12.0 Å². The highest BCUT2D eigenvalue weighted by Crippen LogP contribution is 2.37. The molecule has 0 spiro atoms. The second-order valence-corrected chi connectivity index (χ2v) is 6.99. The Labute approximate surface area is 177 Å². The molecule has 0 amide bonds. The molecule has 0 aliphatic carbocycles. The molecule has 0 bridgehead atoms. The van der Waals surface area contributed by atoms with Crippen molar-refractivity contribution in [2.45, 2.75) is 38.8 Å². The number of rotatable bonds is 5. The summed E-state index contributed by atoms with van der Waals surface area (Å²) in [6, 6.07) is 12.4. The minimum absolute atomic E-state index is 0. The summed E-state index contributed by atoms with van der Waals surface area (Å²) in [5.74, 6) is 1.34. The first-order valence-corrected chi connectivity index (χ1v) is 9.54. The van der Waals surface area contributed by atoms with Crippen molar-refractivity contribution in [1.29, 1.82) is 0 Å². The number of imidazole rings is 1. The first kappa shape index (κ1) is 21.9. The van der Waals surface area contributed by atoms with Crippen LogP contribution in [0.1, 0.15) is 43.9 Å². The molecule has 4 nitrogen and oxygen atoms in total. The third-order valence-electron chi connectivity index (χ3n) is 5.19. The van der Waals surface area contributed by atoms with Crippen LogP contribution in [0.15, 0.2) is 53.1 Å². The maximum atomic E-state index is 13.4. The lowest BCUT2D eigenvalue weighted by Crippen LogP contribution is -2.06. The van der Waals surface area contributed by atoms with Crippen molar-refractivity contribution in [3.05, 3.63) is 59.8 Å². The Kier molecular flexibility index (Phi) is 6.22. The maximum Gasteiger partial charge on any atom is 0.417 e. The second-order valence-electron chi connectivity index (χ2n) is 6.99. The van der Waals surface area contributed by atoms with Gasteiger partial charge in [-0.25, -0.2) is 4.98 Å². The molecular formula is C22H21ClF3N3O. The van der Waals surface area contributed by atoms with Crippen molar-refractivity contribution in [2.24, 2.45) is 0 Å². The number of nitrogens with one attached hydrogen (secondary N) is 1. The van der Waals surface area contributed by atoms with E-state index in [0.29, 0.717) is 34.1 Å². The molecule has 0 saturated carbocycles. The lowest BCUT2D eigenvalue weighted by Gasteiger charge is -2.12. The number of benzene rings is 2. The van der Waals surface area contributed by atoms with Crippen LogP contribution < -0.4 is 0 Å². The van der Waals surface area contributed by atoms with Gasteiger partial charge in [-0.05, 0) is 42.2 Å². The number of aromatic amines is 1. The number of alkyl halides is 3. The maximum absolute atomic E-state index is 13.4.